The Morgan fingerprint density at radius 1 is 1.73 bits per heavy atom. The number of aliphatic carboxylic acids is 1. The minimum absolute atomic E-state index is 0.529. The number of thioether (sulfide) groups is 1. The van der Waals surface area contributed by atoms with E-state index in [1.165, 1.54) is 0 Å². The summed E-state index contributed by atoms with van der Waals surface area (Å²) in [7, 11) is 0. The molecule has 0 aromatic rings. The van der Waals surface area contributed by atoms with Crippen molar-refractivity contribution >= 4 is 17.7 Å². The van der Waals surface area contributed by atoms with Crippen molar-refractivity contribution in [3.63, 3.8) is 0 Å². The molecule has 0 aliphatic carbocycles. The second-order valence-corrected chi connectivity index (χ2v) is 4.06. The van der Waals surface area contributed by atoms with E-state index in [2.05, 4.69) is 0 Å². The van der Waals surface area contributed by atoms with Gasteiger partial charge in [0.2, 0.25) is 0 Å². The zero-order chi connectivity index (χ0) is 8.91. The zero-order valence-corrected chi connectivity index (χ0v) is 7.78. The first kappa shape index (κ1) is 10.8. The quantitative estimate of drug-likeness (QED) is 0.613. The van der Waals surface area contributed by atoms with Gasteiger partial charge in [-0.1, -0.05) is 6.92 Å². The van der Waals surface area contributed by atoms with Crippen LogP contribution in [-0.4, -0.2) is 28.1 Å². The Kier molecular flexibility index (Phi) is 4.52. The van der Waals surface area contributed by atoms with Crippen LogP contribution in [0.5, 0.6) is 0 Å². The van der Waals surface area contributed by atoms with Gasteiger partial charge in [0.1, 0.15) is 5.54 Å². The molecule has 0 spiro atoms. The van der Waals surface area contributed by atoms with E-state index in [9.17, 15) is 4.79 Å². The van der Waals surface area contributed by atoms with Gasteiger partial charge in [-0.2, -0.15) is 11.8 Å². The van der Waals surface area contributed by atoms with Crippen molar-refractivity contribution in [2.45, 2.75) is 25.8 Å². The monoisotopic (exact) mass is 177 g/mol. The number of carbonyl (C=O) groups is 1. The van der Waals surface area contributed by atoms with Crippen molar-refractivity contribution in [2.24, 2.45) is 5.73 Å². The highest BCUT2D eigenvalue weighted by atomic mass is 32.2. The van der Waals surface area contributed by atoms with E-state index in [4.69, 9.17) is 10.8 Å². The van der Waals surface area contributed by atoms with Crippen molar-refractivity contribution in [3.05, 3.63) is 0 Å². The fourth-order valence-corrected chi connectivity index (χ4v) is 1.39. The molecular weight excluding hydrogens is 162 g/mol. The van der Waals surface area contributed by atoms with E-state index in [0.717, 1.165) is 11.5 Å². The highest BCUT2D eigenvalue weighted by molar-refractivity contribution is 7.99. The molecule has 1 atom stereocenters. The third-order valence-corrected chi connectivity index (χ3v) is 2.36. The minimum atomic E-state index is -1.05. The molecule has 0 heterocycles. The van der Waals surface area contributed by atoms with E-state index in [1.807, 2.05) is 6.92 Å². The Morgan fingerprint density at radius 2 is 2.27 bits per heavy atom. The van der Waals surface area contributed by atoms with Crippen molar-refractivity contribution in [1.82, 2.24) is 0 Å². The standard InChI is InChI=1S/C7H15NO2S/c1-3-11-5-4-7(2,8)6(9)10/h3-5,8H2,1-2H3,(H,9,10)/t7-/m1/s1. The molecule has 0 aliphatic rings. The Hall–Kier alpha value is -0.220. The predicted molar refractivity (Wildman–Crippen MR) is 47.8 cm³/mol. The second-order valence-electron chi connectivity index (χ2n) is 2.67. The maximum Gasteiger partial charge on any atom is 0.323 e. The van der Waals surface area contributed by atoms with Crippen LogP contribution in [0.1, 0.15) is 20.3 Å². The molecule has 66 valence electrons. The molecule has 0 radical (unpaired) electrons. The second kappa shape index (κ2) is 4.62. The summed E-state index contributed by atoms with van der Waals surface area (Å²) < 4.78 is 0. The zero-order valence-electron chi connectivity index (χ0n) is 6.96. The number of carboxylic acid groups (broad SMARTS) is 1. The Labute approximate surface area is 71.3 Å². The van der Waals surface area contributed by atoms with Gasteiger partial charge in [0.15, 0.2) is 0 Å². The third-order valence-electron chi connectivity index (χ3n) is 1.46. The van der Waals surface area contributed by atoms with E-state index in [-0.39, 0.29) is 0 Å². The topological polar surface area (TPSA) is 63.3 Å². The van der Waals surface area contributed by atoms with Crippen LogP contribution in [0.4, 0.5) is 0 Å². The lowest BCUT2D eigenvalue weighted by atomic mass is 10.0. The summed E-state index contributed by atoms with van der Waals surface area (Å²) in [5.41, 5.74) is 4.43. The van der Waals surface area contributed by atoms with E-state index < -0.39 is 11.5 Å². The molecule has 0 aromatic heterocycles. The third kappa shape index (κ3) is 4.27. The lowest BCUT2D eigenvalue weighted by molar-refractivity contribution is -0.142. The van der Waals surface area contributed by atoms with Gasteiger partial charge in [-0.15, -0.1) is 0 Å². The molecule has 0 bridgehead atoms. The Bertz CT molecular complexity index is 136. The molecule has 0 saturated carbocycles. The summed E-state index contributed by atoms with van der Waals surface area (Å²) in [5, 5.41) is 8.61. The van der Waals surface area contributed by atoms with E-state index in [1.54, 1.807) is 18.7 Å². The number of nitrogens with two attached hydrogens (primary N) is 1. The Balaban J connectivity index is 3.64. The van der Waals surface area contributed by atoms with Gasteiger partial charge in [0.05, 0.1) is 0 Å². The smallest absolute Gasteiger partial charge is 0.323 e. The highest BCUT2D eigenvalue weighted by Crippen LogP contribution is 2.11. The molecule has 0 aliphatic heterocycles. The molecular formula is C7H15NO2S. The van der Waals surface area contributed by atoms with Crippen molar-refractivity contribution in [2.75, 3.05) is 11.5 Å². The predicted octanol–water partition coefficient (Wildman–Crippen LogP) is 0.932. The number of carboxylic acids is 1. The average Bonchev–Trinajstić information content (AvgIpc) is 1.88. The van der Waals surface area contributed by atoms with Crippen LogP contribution in [0.15, 0.2) is 0 Å². The minimum Gasteiger partial charge on any atom is -0.480 e. The van der Waals surface area contributed by atoms with Gasteiger partial charge in [-0.25, -0.2) is 0 Å². The normalized spacial score (nSPS) is 15.9. The van der Waals surface area contributed by atoms with Crippen molar-refractivity contribution < 1.29 is 9.90 Å². The lowest BCUT2D eigenvalue weighted by Crippen LogP contribution is -2.45. The van der Waals surface area contributed by atoms with Crippen LogP contribution < -0.4 is 5.73 Å². The molecule has 0 rings (SSSR count). The summed E-state index contributed by atoms with van der Waals surface area (Å²) in [6, 6.07) is 0. The number of hydrogen-bond donors (Lipinski definition) is 2. The van der Waals surface area contributed by atoms with Gasteiger partial charge in [-0.05, 0) is 24.9 Å². The SMILES string of the molecule is CCSCC[C@@](C)(N)C(=O)O. The maximum absolute atomic E-state index is 10.5. The molecule has 0 amide bonds. The number of hydrogen-bond acceptors (Lipinski definition) is 3. The summed E-state index contributed by atoms with van der Waals surface area (Å²) in [4.78, 5) is 10.5. The molecule has 3 nitrogen and oxygen atoms in total. The molecule has 0 saturated heterocycles. The first-order valence-electron chi connectivity index (χ1n) is 3.60. The van der Waals surface area contributed by atoms with Gasteiger partial charge in [0.25, 0.3) is 0 Å². The van der Waals surface area contributed by atoms with Crippen LogP contribution in [0.25, 0.3) is 0 Å². The van der Waals surface area contributed by atoms with Crippen molar-refractivity contribution in [3.8, 4) is 0 Å². The number of rotatable bonds is 5. The van der Waals surface area contributed by atoms with Gasteiger partial charge in [0, 0.05) is 0 Å². The maximum atomic E-state index is 10.5. The fourth-order valence-electron chi connectivity index (χ4n) is 0.535. The Morgan fingerprint density at radius 3 is 2.64 bits per heavy atom. The summed E-state index contributed by atoms with van der Waals surface area (Å²) in [5.74, 6) is 0.903. The van der Waals surface area contributed by atoms with Crippen LogP contribution in [0.3, 0.4) is 0 Å². The molecule has 4 heteroatoms. The lowest BCUT2D eigenvalue weighted by Gasteiger charge is -2.17. The van der Waals surface area contributed by atoms with Gasteiger partial charge >= 0.3 is 5.97 Å². The fraction of sp³-hybridized carbons (Fsp3) is 0.857. The van der Waals surface area contributed by atoms with E-state index in [0.29, 0.717) is 6.42 Å². The molecule has 0 aromatic carbocycles. The largest absolute Gasteiger partial charge is 0.480 e. The summed E-state index contributed by atoms with van der Waals surface area (Å²) in [6.07, 6.45) is 0.529. The van der Waals surface area contributed by atoms with Crippen LogP contribution in [0, 0.1) is 0 Å². The molecule has 11 heavy (non-hydrogen) atoms. The van der Waals surface area contributed by atoms with Crippen LogP contribution in [-0.2, 0) is 4.79 Å². The molecule has 3 N–H and O–H groups in total. The van der Waals surface area contributed by atoms with E-state index >= 15 is 0 Å². The highest BCUT2D eigenvalue weighted by Gasteiger charge is 2.26. The van der Waals surface area contributed by atoms with Gasteiger partial charge in [-0.3, -0.25) is 4.79 Å². The van der Waals surface area contributed by atoms with Crippen LogP contribution in [0.2, 0.25) is 0 Å². The first-order chi connectivity index (χ1) is 5.00. The average molecular weight is 177 g/mol. The summed E-state index contributed by atoms with van der Waals surface area (Å²) >= 11 is 1.71. The summed E-state index contributed by atoms with van der Waals surface area (Å²) in [6.45, 7) is 3.59. The molecule has 0 fully saturated rings. The first-order valence-corrected chi connectivity index (χ1v) is 4.76. The van der Waals surface area contributed by atoms with Crippen molar-refractivity contribution in [1.29, 1.82) is 0 Å². The van der Waals surface area contributed by atoms with Gasteiger partial charge < -0.3 is 10.8 Å². The molecule has 0 unspecified atom stereocenters. The van der Waals surface area contributed by atoms with Crippen LogP contribution >= 0.6 is 11.8 Å².